The molecule has 0 spiro atoms. The molecule has 0 unspecified atom stereocenters. The van der Waals surface area contributed by atoms with Gasteiger partial charge >= 0.3 is 0 Å². The van der Waals surface area contributed by atoms with Crippen molar-refractivity contribution in [1.82, 2.24) is 0 Å². The lowest BCUT2D eigenvalue weighted by atomic mass is 10.0. The Morgan fingerprint density at radius 2 is 1.68 bits per heavy atom. The van der Waals surface area contributed by atoms with Gasteiger partial charge in [-0.2, -0.15) is 0 Å². The molecule has 0 fully saturated rings. The van der Waals surface area contributed by atoms with Gasteiger partial charge in [0.05, 0.1) is 5.25 Å². The molecule has 0 radical (unpaired) electrons. The van der Waals surface area contributed by atoms with E-state index < -0.39 is 0 Å². The zero-order valence-electron chi connectivity index (χ0n) is 15.2. The number of carbonyl (C=O) groups is 1. The first-order valence-electron chi connectivity index (χ1n) is 8.31. The van der Waals surface area contributed by atoms with Crippen molar-refractivity contribution in [2.45, 2.75) is 44.8 Å². The number of aryl methyl sites for hydroxylation is 2. The van der Waals surface area contributed by atoms with Crippen LogP contribution in [0.2, 0.25) is 0 Å². The van der Waals surface area contributed by atoms with Gasteiger partial charge in [-0.15, -0.1) is 11.8 Å². The van der Waals surface area contributed by atoms with Crippen LogP contribution in [0, 0.1) is 27.7 Å². The van der Waals surface area contributed by atoms with E-state index in [-0.39, 0.29) is 18.0 Å². The fourth-order valence-electron chi connectivity index (χ4n) is 2.81. The third-order valence-electron chi connectivity index (χ3n) is 4.60. The highest BCUT2D eigenvalue weighted by Crippen LogP contribution is 2.36. The van der Waals surface area contributed by atoms with Gasteiger partial charge in [0.1, 0.15) is 0 Å². The molecule has 4 nitrogen and oxygen atoms in total. The summed E-state index contributed by atoms with van der Waals surface area (Å²) in [6.45, 7) is 10.6. The summed E-state index contributed by atoms with van der Waals surface area (Å²) in [4.78, 5) is 13.8. The number of carbonyl (C=O) groups excluding carboxylic acids is 1. The lowest BCUT2D eigenvalue weighted by Gasteiger charge is -2.18. The average Bonchev–Trinajstić information content (AvgIpc) is 3.04. The second kappa shape index (κ2) is 7.00. The summed E-state index contributed by atoms with van der Waals surface area (Å²) in [6.07, 6.45) is 0. The van der Waals surface area contributed by atoms with Crippen LogP contribution in [-0.2, 0) is 4.79 Å². The predicted molar refractivity (Wildman–Crippen MR) is 102 cm³/mol. The van der Waals surface area contributed by atoms with Crippen molar-refractivity contribution in [3.05, 3.63) is 46.5 Å². The number of amides is 1. The first-order chi connectivity index (χ1) is 11.9. The van der Waals surface area contributed by atoms with Gasteiger partial charge in [-0.25, -0.2) is 0 Å². The molecule has 25 heavy (non-hydrogen) atoms. The van der Waals surface area contributed by atoms with Gasteiger partial charge in [0, 0.05) is 16.6 Å². The second-order valence-corrected chi connectivity index (χ2v) is 7.76. The number of hydrogen-bond acceptors (Lipinski definition) is 4. The Morgan fingerprint density at radius 3 is 2.36 bits per heavy atom. The number of fused-ring (bicyclic) bond motifs is 1. The Morgan fingerprint density at radius 1 is 1.04 bits per heavy atom. The summed E-state index contributed by atoms with van der Waals surface area (Å²) in [6, 6.07) is 7.64. The van der Waals surface area contributed by atoms with E-state index in [9.17, 15) is 4.79 Å². The van der Waals surface area contributed by atoms with E-state index >= 15 is 0 Å². The maximum atomic E-state index is 12.6. The summed E-state index contributed by atoms with van der Waals surface area (Å²) >= 11 is 1.61. The summed E-state index contributed by atoms with van der Waals surface area (Å²) < 4.78 is 10.7. The van der Waals surface area contributed by atoms with Gasteiger partial charge in [-0.1, -0.05) is 6.07 Å². The van der Waals surface area contributed by atoms with Crippen LogP contribution in [0.3, 0.4) is 0 Å². The number of rotatable bonds is 4. The summed E-state index contributed by atoms with van der Waals surface area (Å²) in [5, 5.41) is 2.76. The molecule has 5 heteroatoms. The van der Waals surface area contributed by atoms with E-state index in [0.717, 1.165) is 5.69 Å². The lowest BCUT2D eigenvalue weighted by Crippen LogP contribution is -2.22. The molecule has 1 N–H and O–H groups in total. The molecule has 0 aromatic heterocycles. The van der Waals surface area contributed by atoms with E-state index in [1.54, 1.807) is 17.8 Å². The van der Waals surface area contributed by atoms with Gasteiger partial charge in [0.15, 0.2) is 11.5 Å². The van der Waals surface area contributed by atoms with Crippen LogP contribution in [0.1, 0.15) is 29.2 Å². The molecule has 1 aliphatic heterocycles. The van der Waals surface area contributed by atoms with Crippen LogP contribution < -0.4 is 14.8 Å². The smallest absolute Gasteiger partial charge is 0.237 e. The quantitative estimate of drug-likeness (QED) is 0.801. The van der Waals surface area contributed by atoms with E-state index in [4.69, 9.17) is 9.47 Å². The van der Waals surface area contributed by atoms with Gasteiger partial charge < -0.3 is 14.8 Å². The monoisotopic (exact) mass is 357 g/mol. The molecule has 1 heterocycles. The second-order valence-electron chi connectivity index (χ2n) is 6.41. The largest absolute Gasteiger partial charge is 0.454 e. The first kappa shape index (κ1) is 17.7. The lowest BCUT2D eigenvalue weighted by molar-refractivity contribution is -0.115. The zero-order valence-corrected chi connectivity index (χ0v) is 16.0. The van der Waals surface area contributed by atoms with Crippen LogP contribution in [-0.4, -0.2) is 18.0 Å². The number of benzene rings is 2. The minimum atomic E-state index is -0.205. The minimum Gasteiger partial charge on any atom is -0.454 e. The van der Waals surface area contributed by atoms with E-state index in [0.29, 0.717) is 11.5 Å². The van der Waals surface area contributed by atoms with Gasteiger partial charge in [0.2, 0.25) is 12.7 Å². The van der Waals surface area contributed by atoms with Crippen LogP contribution in [0.15, 0.2) is 29.2 Å². The summed E-state index contributed by atoms with van der Waals surface area (Å²) in [5.74, 6) is 1.35. The SMILES string of the molecule is Cc1cc(C)c(C)c(S[C@H](C)C(=O)Nc2ccc3c(c2)OCO3)c1C. The Kier molecular flexibility index (Phi) is 4.95. The predicted octanol–water partition coefficient (Wildman–Crippen LogP) is 4.77. The van der Waals surface area contributed by atoms with E-state index in [1.807, 2.05) is 19.1 Å². The Balaban J connectivity index is 1.73. The molecule has 3 rings (SSSR count). The molecule has 2 aromatic carbocycles. The maximum absolute atomic E-state index is 12.6. The van der Waals surface area contributed by atoms with Crippen molar-refractivity contribution in [3.63, 3.8) is 0 Å². The van der Waals surface area contributed by atoms with E-state index in [2.05, 4.69) is 39.1 Å². The highest BCUT2D eigenvalue weighted by molar-refractivity contribution is 8.00. The topological polar surface area (TPSA) is 47.6 Å². The standard InChI is InChI=1S/C20H23NO3S/c1-11-8-12(2)14(4)19(13(11)3)25-15(5)20(22)21-16-6-7-17-18(9-16)24-10-23-17/h6-9,15H,10H2,1-5H3,(H,21,22)/t15-/m1/s1. The van der Waals surface area contributed by atoms with Crippen molar-refractivity contribution in [1.29, 1.82) is 0 Å². The third kappa shape index (κ3) is 3.61. The van der Waals surface area contributed by atoms with Crippen molar-refractivity contribution in [2.75, 3.05) is 12.1 Å². The highest BCUT2D eigenvalue weighted by Gasteiger charge is 2.20. The fourth-order valence-corrected chi connectivity index (χ4v) is 4.00. The number of ether oxygens (including phenoxy) is 2. The Hall–Kier alpha value is -2.14. The van der Waals surface area contributed by atoms with Crippen LogP contribution in [0.4, 0.5) is 5.69 Å². The van der Waals surface area contributed by atoms with Crippen molar-refractivity contribution < 1.29 is 14.3 Å². The van der Waals surface area contributed by atoms with Crippen LogP contribution in [0.5, 0.6) is 11.5 Å². The number of thioether (sulfide) groups is 1. The van der Waals surface area contributed by atoms with Crippen LogP contribution >= 0.6 is 11.8 Å². The molecule has 132 valence electrons. The molecule has 1 aliphatic rings. The summed E-state index contributed by atoms with van der Waals surface area (Å²) in [5.41, 5.74) is 5.73. The Bertz CT molecular complexity index is 806. The molecular weight excluding hydrogens is 334 g/mol. The third-order valence-corrected chi connectivity index (χ3v) is 6.02. The molecule has 0 saturated heterocycles. The van der Waals surface area contributed by atoms with Crippen molar-refractivity contribution in [3.8, 4) is 11.5 Å². The van der Waals surface area contributed by atoms with Crippen molar-refractivity contribution in [2.24, 2.45) is 0 Å². The first-order valence-corrected chi connectivity index (χ1v) is 9.19. The van der Waals surface area contributed by atoms with Crippen molar-refractivity contribution >= 4 is 23.4 Å². The normalized spacial score (nSPS) is 13.6. The molecule has 1 amide bonds. The highest BCUT2D eigenvalue weighted by atomic mass is 32.2. The maximum Gasteiger partial charge on any atom is 0.237 e. The average molecular weight is 357 g/mol. The molecule has 0 saturated carbocycles. The van der Waals surface area contributed by atoms with Gasteiger partial charge in [-0.3, -0.25) is 4.79 Å². The molecule has 2 aromatic rings. The van der Waals surface area contributed by atoms with Gasteiger partial charge in [-0.05, 0) is 69.0 Å². The number of nitrogens with one attached hydrogen (secondary N) is 1. The van der Waals surface area contributed by atoms with Crippen LogP contribution in [0.25, 0.3) is 0 Å². The molecule has 0 bridgehead atoms. The minimum absolute atomic E-state index is 0.0261. The zero-order chi connectivity index (χ0) is 18.1. The van der Waals surface area contributed by atoms with Gasteiger partial charge in [0.25, 0.3) is 0 Å². The molecule has 0 aliphatic carbocycles. The van der Waals surface area contributed by atoms with E-state index in [1.165, 1.54) is 27.1 Å². The summed E-state index contributed by atoms with van der Waals surface area (Å²) in [7, 11) is 0. The molecule has 1 atom stereocenters. The Labute approximate surface area is 152 Å². The number of hydrogen-bond donors (Lipinski definition) is 1. The fraction of sp³-hybridized carbons (Fsp3) is 0.350. The molecular formula is C20H23NO3S. The number of anilines is 1.